The number of rotatable bonds is 5. The van der Waals surface area contributed by atoms with Crippen molar-refractivity contribution in [3.05, 3.63) is 35.4 Å². The minimum atomic E-state index is 0.0472. The number of nitrogens with one attached hydrogen (secondary N) is 1. The van der Waals surface area contributed by atoms with Crippen LogP contribution < -0.4 is 5.32 Å². The smallest absolute Gasteiger partial charge is 0.0934 e. The molecule has 1 heterocycles. The van der Waals surface area contributed by atoms with E-state index in [4.69, 9.17) is 4.74 Å². The molecule has 0 radical (unpaired) electrons. The van der Waals surface area contributed by atoms with Gasteiger partial charge in [-0.3, -0.25) is 0 Å². The molecule has 23 heavy (non-hydrogen) atoms. The Bertz CT molecular complexity index is 553. The highest BCUT2D eigenvalue weighted by atomic mass is 16.5. The zero-order valence-corrected chi connectivity index (χ0v) is 14.6. The van der Waals surface area contributed by atoms with Gasteiger partial charge in [0.25, 0.3) is 0 Å². The molecule has 1 N–H and O–H groups in total. The van der Waals surface area contributed by atoms with E-state index in [2.05, 4.69) is 36.5 Å². The first kappa shape index (κ1) is 15.7. The second-order valence-corrected chi connectivity index (χ2v) is 7.85. The molecule has 1 saturated carbocycles. The topological polar surface area (TPSA) is 21.3 Å². The molecule has 3 aliphatic rings. The third-order valence-corrected chi connectivity index (χ3v) is 6.78. The summed E-state index contributed by atoms with van der Waals surface area (Å²) in [6.07, 6.45) is 11.4. The van der Waals surface area contributed by atoms with Crippen LogP contribution in [-0.2, 0) is 16.6 Å². The molecule has 2 bridgehead atoms. The number of hydrogen-bond donors (Lipinski definition) is 1. The number of ether oxygens (including phenoxy) is 1. The minimum Gasteiger partial charge on any atom is -0.372 e. The highest BCUT2D eigenvalue weighted by Gasteiger charge is 2.62. The van der Waals surface area contributed by atoms with Crippen LogP contribution >= 0.6 is 0 Å². The fraction of sp³-hybridized carbons (Fsp3) is 0.714. The Morgan fingerprint density at radius 1 is 1.13 bits per heavy atom. The Morgan fingerprint density at radius 2 is 2.00 bits per heavy atom. The lowest BCUT2D eigenvalue weighted by atomic mass is 9.50. The molecule has 1 aliphatic heterocycles. The Labute approximate surface area is 141 Å². The summed E-state index contributed by atoms with van der Waals surface area (Å²) in [5.74, 6) is 0. The van der Waals surface area contributed by atoms with Crippen LogP contribution in [-0.4, -0.2) is 24.8 Å². The molecular formula is C21H31NO. The van der Waals surface area contributed by atoms with Crippen molar-refractivity contribution in [3.63, 3.8) is 0 Å². The van der Waals surface area contributed by atoms with Crippen LogP contribution in [0, 0.1) is 0 Å². The van der Waals surface area contributed by atoms with Crippen molar-refractivity contribution in [2.24, 2.45) is 0 Å². The highest BCUT2D eigenvalue weighted by molar-refractivity contribution is 5.45. The predicted molar refractivity (Wildman–Crippen MR) is 94.9 cm³/mol. The Hall–Kier alpha value is -0.860. The van der Waals surface area contributed by atoms with E-state index in [1.165, 1.54) is 51.4 Å². The maximum atomic E-state index is 6.83. The van der Waals surface area contributed by atoms with Crippen LogP contribution in [0.2, 0.25) is 0 Å². The molecule has 2 heteroatoms. The van der Waals surface area contributed by atoms with Gasteiger partial charge in [-0.2, -0.15) is 0 Å². The molecule has 1 aromatic carbocycles. The van der Waals surface area contributed by atoms with Crippen LogP contribution in [0.1, 0.15) is 69.4 Å². The van der Waals surface area contributed by atoms with Crippen molar-refractivity contribution >= 4 is 0 Å². The summed E-state index contributed by atoms with van der Waals surface area (Å²) in [4.78, 5) is 0. The summed E-state index contributed by atoms with van der Waals surface area (Å²) < 4.78 is 6.83. The number of hydrogen-bond acceptors (Lipinski definition) is 2. The average Bonchev–Trinajstić information content (AvgIpc) is 2.59. The summed E-state index contributed by atoms with van der Waals surface area (Å²) in [5, 5.41) is 3.84. The minimum absolute atomic E-state index is 0.0472. The number of fused-ring (bicyclic) bond motifs is 1. The zero-order valence-electron chi connectivity index (χ0n) is 14.6. The highest BCUT2D eigenvalue weighted by Crippen LogP contribution is 2.57. The van der Waals surface area contributed by atoms with Crippen molar-refractivity contribution in [1.29, 1.82) is 0 Å². The second-order valence-electron chi connectivity index (χ2n) is 7.85. The zero-order chi connectivity index (χ0) is 15.8. The summed E-state index contributed by atoms with van der Waals surface area (Å²) >= 11 is 0. The van der Waals surface area contributed by atoms with E-state index in [1.807, 2.05) is 0 Å². The van der Waals surface area contributed by atoms with Gasteiger partial charge in [0, 0.05) is 18.1 Å². The first-order valence-electron chi connectivity index (χ1n) is 9.78. The summed E-state index contributed by atoms with van der Waals surface area (Å²) in [6, 6.07) is 9.72. The summed E-state index contributed by atoms with van der Waals surface area (Å²) in [5.41, 5.74) is 3.50. The van der Waals surface area contributed by atoms with Gasteiger partial charge in [0.05, 0.1) is 5.60 Å². The van der Waals surface area contributed by atoms with Gasteiger partial charge >= 0.3 is 0 Å². The number of piperidine rings is 1. The third kappa shape index (κ3) is 2.29. The fourth-order valence-electron chi connectivity index (χ4n) is 5.77. The van der Waals surface area contributed by atoms with E-state index in [9.17, 15) is 0 Å². The monoisotopic (exact) mass is 313 g/mol. The Kier molecular flexibility index (Phi) is 4.23. The van der Waals surface area contributed by atoms with Gasteiger partial charge in [-0.05, 0) is 49.8 Å². The molecular weight excluding hydrogens is 282 g/mol. The number of benzene rings is 1. The van der Waals surface area contributed by atoms with Crippen LogP contribution in [0.5, 0.6) is 0 Å². The maximum Gasteiger partial charge on any atom is 0.0934 e. The van der Waals surface area contributed by atoms with Crippen molar-refractivity contribution in [1.82, 2.24) is 5.32 Å². The van der Waals surface area contributed by atoms with Crippen molar-refractivity contribution in [2.45, 2.75) is 81.8 Å². The Balaban J connectivity index is 1.73. The summed E-state index contributed by atoms with van der Waals surface area (Å²) in [7, 11) is 0. The van der Waals surface area contributed by atoms with Gasteiger partial charge in [0.1, 0.15) is 0 Å². The normalized spacial score (nSPS) is 35.4. The van der Waals surface area contributed by atoms with Gasteiger partial charge in [0.2, 0.25) is 0 Å². The maximum absolute atomic E-state index is 6.83. The van der Waals surface area contributed by atoms with Gasteiger partial charge in [0.15, 0.2) is 0 Å². The van der Waals surface area contributed by atoms with E-state index < -0.39 is 0 Å². The van der Waals surface area contributed by atoms with E-state index in [-0.39, 0.29) is 11.0 Å². The van der Waals surface area contributed by atoms with Crippen molar-refractivity contribution in [3.8, 4) is 0 Å². The standard InChI is InChI=1S/C21H31NO/c1-2-3-8-15-23-21-12-7-6-11-20(21)13-14-22-19(21)16-17-9-4-5-10-18(17)20/h4-5,9-10,19,22H,2-3,6-8,11-16H2,1H3/t19-,20+,21-/m1/s1. The summed E-state index contributed by atoms with van der Waals surface area (Å²) in [6.45, 7) is 4.36. The molecule has 1 saturated heterocycles. The number of unbranched alkanes of at least 4 members (excludes halogenated alkanes) is 2. The SMILES string of the molecule is CCCCCO[C@@]12CCCC[C@@]13CCN[C@@H]2Cc1ccccc13. The van der Waals surface area contributed by atoms with Crippen LogP contribution in [0.3, 0.4) is 0 Å². The quantitative estimate of drug-likeness (QED) is 0.815. The first-order valence-corrected chi connectivity index (χ1v) is 9.78. The van der Waals surface area contributed by atoms with Gasteiger partial charge in [-0.1, -0.05) is 56.9 Å². The molecule has 2 fully saturated rings. The molecule has 2 aliphatic carbocycles. The van der Waals surface area contributed by atoms with Crippen LogP contribution in [0.15, 0.2) is 24.3 Å². The van der Waals surface area contributed by atoms with Crippen LogP contribution in [0.25, 0.3) is 0 Å². The molecule has 0 spiro atoms. The van der Waals surface area contributed by atoms with E-state index >= 15 is 0 Å². The van der Waals surface area contributed by atoms with Gasteiger partial charge in [-0.25, -0.2) is 0 Å². The van der Waals surface area contributed by atoms with Gasteiger partial charge in [-0.15, -0.1) is 0 Å². The van der Waals surface area contributed by atoms with E-state index in [0.717, 1.165) is 19.6 Å². The van der Waals surface area contributed by atoms with Crippen molar-refractivity contribution < 1.29 is 4.74 Å². The predicted octanol–water partition coefficient (Wildman–Crippen LogP) is 4.36. The fourth-order valence-corrected chi connectivity index (χ4v) is 5.77. The second kappa shape index (κ2) is 6.22. The molecule has 4 rings (SSSR count). The molecule has 1 aromatic rings. The van der Waals surface area contributed by atoms with Gasteiger partial charge < -0.3 is 10.1 Å². The lowest BCUT2D eigenvalue weighted by molar-refractivity contribution is -0.168. The lowest BCUT2D eigenvalue weighted by Gasteiger charge is -2.63. The lowest BCUT2D eigenvalue weighted by Crippen LogP contribution is -2.72. The van der Waals surface area contributed by atoms with Crippen LogP contribution in [0.4, 0.5) is 0 Å². The third-order valence-electron chi connectivity index (χ3n) is 6.78. The molecule has 2 nitrogen and oxygen atoms in total. The molecule has 126 valence electrons. The molecule has 3 atom stereocenters. The largest absolute Gasteiger partial charge is 0.372 e. The van der Waals surface area contributed by atoms with Crippen molar-refractivity contribution in [2.75, 3.05) is 13.2 Å². The average molecular weight is 313 g/mol. The Morgan fingerprint density at radius 3 is 2.91 bits per heavy atom. The first-order chi connectivity index (χ1) is 11.3. The molecule has 0 amide bonds. The molecule has 0 unspecified atom stereocenters. The van der Waals surface area contributed by atoms with E-state index in [1.54, 1.807) is 11.1 Å². The molecule has 0 aromatic heterocycles. The van der Waals surface area contributed by atoms with E-state index in [0.29, 0.717) is 6.04 Å².